The number of nitrogens with one attached hydrogen (secondary N) is 1. The van der Waals surface area contributed by atoms with Crippen molar-refractivity contribution in [2.45, 2.75) is 123 Å². The van der Waals surface area contributed by atoms with Crippen molar-refractivity contribution in [3.05, 3.63) is 0 Å². The number of hydrogen-bond donors (Lipinski definition) is 1. The monoisotopic (exact) mass is 355 g/mol. The van der Waals surface area contributed by atoms with Gasteiger partial charge in [0.15, 0.2) is 0 Å². The third-order valence-electron chi connectivity index (χ3n) is 4.93. The smallest absolute Gasteiger partial charge is 0.323 e. The van der Waals surface area contributed by atoms with E-state index >= 15 is 0 Å². The summed E-state index contributed by atoms with van der Waals surface area (Å²) in [6.45, 7) is 4.84. The van der Waals surface area contributed by atoms with Gasteiger partial charge in [-0.05, 0) is 19.9 Å². The van der Waals surface area contributed by atoms with Crippen molar-refractivity contribution >= 4 is 5.97 Å². The van der Waals surface area contributed by atoms with E-state index in [0.29, 0.717) is 6.61 Å². The summed E-state index contributed by atoms with van der Waals surface area (Å²) in [5, 5.41) is 3.08. The molecule has 0 fully saturated rings. The summed E-state index contributed by atoms with van der Waals surface area (Å²) in [5.74, 6) is -0.0842. The van der Waals surface area contributed by atoms with Crippen molar-refractivity contribution in [3.8, 4) is 0 Å². The second kappa shape index (κ2) is 19.8. The van der Waals surface area contributed by atoms with Crippen LogP contribution in [-0.2, 0) is 9.53 Å². The zero-order valence-corrected chi connectivity index (χ0v) is 17.4. The molecule has 3 heteroatoms. The van der Waals surface area contributed by atoms with Crippen LogP contribution in [0.4, 0.5) is 0 Å². The van der Waals surface area contributed by atoms with Crippen molar-refractivity contribution in [1.29, 1.82) is 0 Å². The topological polar surface area (TPSA) is 38.3 Å². The lowest BCUT2D eigenvalue weighted by molar-refractivity contribution is -0.146. The van der Waals surface area contributed by atoms with E-state index < -0.39 is 0 Å². The Morgan fingerprint density at radius 2 is 1.16 bits per heavy atom. The summed E-state index contributed by atoms with van der Waals surface area (Å²) in [5.41, 5.74) is 0. The summed E-state index contributed by atoms with van der Waals surface area (Å²) in [6, 6.07) is -0.121. The Balaban J connectivity index is 3.30. The van der Waals surface area contributed by atoms with Gasteiger partial charge in [-0.2, -0.15) is 0 Å². The fourth-order valence-electron chi connectivity index (χ4n) is 3.23. The minimum atomic E-state index is -0.121. The van der Waals surface area contributed by atoms with E-state index in [2.05, 4.69) is 12.2 Å². The fourth-order valence-corrected chi connectivity index (χ4v) is 3.23. The van der Waals surface area contributed by atoms with Crippen LogP contribution in [0.1, 0.15) is 117 Å². The molecule has 0 aliphatic carbocycles. The summed E-state index contributed by atoms with van der Waals surface area (Å²) in [6.07, 6.45) is 20.9. The molecule has 0 bridgehead atoms. The summed E-state index contributed by atoms with van der Waals surface area (Å²) < 4.78 is 5.21. The Morgan fingerprint density at radius 3 is 1.56 bits per heavy atom. The van der Waals surface area contributed by atoms with Crippen LogP contribution in [-0.4, -0.2) is 25.7 Å². The highest BCUT2D eigenvalue weighted by molar-refractivity contribution is 5.75. The van der Waals surface area contributed by atoms with E-state index in [9.17, 15) is 4.79 Å². The normalized spacial score (nSPS) is 12.3. The van der Waals surface area contributed by atoms with E-state index in [1.54, 1.807) is 0 Å². The minimum Gasteiger partial charge on any atom is -0.465 e. The van der Waals surface area contributed by atoms with Gasteiger partial charge in [0.1, 0.15) is 6.04 Å². The molecule has 0 saturated heterocycles. The van der Waals surface area contributed by atoms with Crippen LogP contribution in [0.5, 0.6) is 0 Å². The maximum atomic E-state index is 11.8. The predicted octanol–water partition coefficient (Wildman–Crippen LogP) is 6.40. The fraction of sp³-hybridized carbons (Fsp3) is 0.955. The van der Waals surface area contributed by atoms with Crippen LogP contribution >= 0.6 is 0 Å². The molecule has 0 radical (unpaired) electrons. The van der Waals surface area contributed by atoms with Crippen molar-refractivity contribution in [3.63, 3.8) is 0 Å². The van der Waals surface area contributed by atoms with Crippen LogP contribution in [0, 0.1) is 0 Å². The molecule has 0 aliphatic heterocycles. The van der Waals surface area contributed by atoms with Gasteiger partial charge in [-0.25, -0.2) is 0 Å². The first-order valence-corrected chi connectivity index (χ1v) is 11.1. The highest BCUT2D eigenvalue weighted by Crippen LogP contribution is 2.14. The first-order valence-electron chi connectivity index (χ1n) is 11.1. The maximum Gasteiger partial charge on any atom is 0.323 e. The van der Waals surface area contributed by atoms with Gasteiger partial charge in [-0.1, -0.05) is 104 Å². The van der Waals surface area contributed by atoms with Crippen molar-refractivity contribution in [2.75, 3.05) is 13.7 Å². The van der Waals surface area contributed by atoms with Crippen LogP contribution in [0.15, 0.2) is 0 Å². The highest BCUT2D eigenvalue weighted by atomic mass is 16.5. The molecular weight excluding hydrogens is 310 g/mol. The van der Waals surface area contributed by atoms with E-state index in [1.165, 1.54) is 83.5 Å². The molecule has 3 nitrogen and oxygen atoms in total. The van der Waals surface area contributed by atoms with Crippen LogP contribution in [0.25, 0.3) is 0 Å². The maximum absolute atomic E-state index is 11.8. The molecule has 0 aliphatic rings. The number of carbonyl (C=O) groups is 1. The SMILES string of the molecule is CCCCCCCCCCCCCCCCC(NC)C(=O)OCCC. The van der Waals surface area contributed by atoms with Gasteiger partial charge in [0.2, 0.25) is 0 Å². The third-order valence-corrected chi connectivity index (χ3v) is 4.93. The Labute approximate surface area is 157 Å². The predicted molar refractivity (Wildman–Crippen MR) is 109 cm³/mol. The molecule has 150 valence electrons. The minimum absolute atomic E-state index is 0.0842. The zero-order valence-electron chi connectivity index (χ0n) is 17.4. The lowest BCUT2D eigenvalue weighted by atomic mass is 10.0. The van der Waals surface area contributed by atoms with Crippen LogP contribution < -0.4 is 5.32 Å². The summed E-state index contributed by atoms with van der Waals surface area (Å²) >= 11 is 0. The third kappa shape index (κ3) is 16.6. The average Bonchev–Trinajstić information content (AvgIpc) is 2.63. The number of carbonyl (C=O) groups excluding carboxylic acids is 1. The molecule has 0 aromatic carbocycles. The van der Waals surface area contributed by atoms with E-state index in [0.717, 1.165) is 19.3 Å². The highest BCUT2D eigenvalue weighted by Gasteiger charge is 2.16. The van der Waals surface area contributed by atoms with Gasteiger partial charge in [-0.15, -0.1) is 0 Å². The Bertz CT molecular complexity index is 281. The molecule has 1 N–H and O–H groups in total. The van der Waals surface area contributed by atoms with Gasteiger partial charge >= 0.3 is 5.97 Å². The lowest BCUT2D eigenvalue weighted by Gasteiger charge is -2.14. The molecule has 1 unspecified atom stereocenters. The molecule has 0 heterocycles. The molecule has 0 saturated carbocycles. The van der Waals surface area contributed by atoms with Crippen molar-refractivity contribution in [1.82, 2.24) is 5.32 Å². The van der Waals surface area contributed by atoms with Crippen LogP contribution in [0.3, 0.4) is 0 Å². The van der Waals surface area contributed by atoms with Gasteiger partial charge in [0.25, 0.3) is 0 Å². The number of unbranched alkanes of at least 4 members (excludes halogenated alkanes) is 13. The molecule has 0 spiro atoms. The van der Waals surface area contributed by atoms with Crippen molar-refractivity contribution in [2.24, 2.45) is 0 Å². The Hall–Kier alpha value is -0.570. The first kappa shape index (κ1) is 24.4. The van der Waals surface area contributed by atoms with E-state index in [1.807, 2.05) is 14.0 Å². The molecule has 0 amide bonds. The van der Waals surface area contributed by atoms with Gasteiger partial charge in [0.05, 0.1) is 6.61 Å². The average molecular weight is 356 g/mol. The number of esters is 1. The summed E-state index contributed by atoms with van der Waals surface area (Å²) in [4.78, 5) is 11.8. The van der Waals surface area contributed by atoms with Crippen molar-refractivity contribution < 1.29 is 9.53 Å². The summed E-state index contributed by atoms with van der Waals surface area (Å²) in [7, 11) is 1.85. The van der Waals surface area contributed by atoms with E-state index in [4.69, 9.17) is 4.74 Å². The molecule has 0 aromatic heterocycles. The Morgan fingerprint density at radius 1 is 0.720 bits per heavy atom. The van der Waals surface area contributed by atoms with E-state index in [-0.39, 0.29) is 12.0 Å². The lowest BCUT2D eigenvalue weighted by Crippen LogP contribution is -2.35. The van der Waals surface area contributed by atoms with Crippen LogP contribution in [0.2, 0.25) is 0 Å². The molecule has 25 heavy (non-hydrogen) atoms. The number of rotatable bonds is 19. The standard InChI is InChI=1S/C22H45NO2/c1-4-6-7-8-9-10-11-12-13-14-15-16-17-18-19-21(23-3)22(24)25-20-5-2/h21,23H,4-20H2,1-3H3. The zero-order chi connectivity index (χ0) is 18.6. The molecular formula is C22H45NO2. The molecule has 1 atom stereocenters. The van der Waals surface area contributed by atoms with Gasteiger partial charge < -0.3 is 10.1 Å². The largest absolute Gasteiger partial charge is 0.465 e. The quantitative estimate of drug-likeness (QED) is 0.215. The molecule has 0 rings (SSSR count). The molecule has 0 aromatic rings. The van der Waals surface area contributed by atoms with Gasteiger partial charge in [-0.3, -0.25) is 4.79 Å². The second-order valence-corrected chi connectivity index (χ2v) is 7.39. The number of ether oxygens (including phenoxy) is 1. The second-order valence-electron chi connectivity index (χ2n) is 7.39. The number of likely N-dealkylation sites (N-methyl/N-ethyl adjacent to an activating group) is 1. The Kier molecular flexibility index (Phi) is 19.3. The first-order chi connectivity index (χ1) is 12.3. The van der Waals surface area contributed by atoms with Gasteiger partial charge in [0, 0.05) is 0 Å². The number of hydrogen-bond acceptors (Lipinski definition) is 3.